The van der Waals surface area contributed by atoms with Gasteiger partial charge in [-0.3, -0.25) is 0 Å². The number of nitrogens with one attached hydrogen (secondary N) is 2. The molecule has 5 rings (SSSR count). The van der Waals surface area contributed by atoms with Gasteiger partial charge in [-0.2, -0.15) is 9.97 Å². The van der Waals surface area contributed by atoms with Crippen LogP contribution in [0, 0.1) is 5.92 Å². The van der Waals surface area contributed by atoms with Gasteiger partial charge in [0.2, 0.25) is 5.95 Å². The number of hydrogen-bond donors (Lipinski definition) is 2. The molecule has 0 saturated carbocycles. The van der Waals surface area contributed by atoms with Crippen molar-refractivity contribution < 1.29 is 4.74 Å². The first-order chi connectivity index (χ1) is 18.0. The summed E-state index contributed by atoms with van der Waals surface area (Å²) in [6.07, 6.45) is 8.01. The molecular weight excluding hydrogens is 504 g/mol. The number of aromatic nitrogens is 2. The molecular formula is C28H39ClN6OS. The van der Waals surface area contributed by atoms with Gasteiger partial charge in [0.25, 0.3) is 0 Å². The van der Waals surface area contributed by atoms with E-state index < -0.39 is 0 Å². The first kappa shape index (κ1) is 26.4. The predicted molar refractivity (Wildman–Crippen MR) is 156 cm³/mol. The maximum Gasteiger partial charge on any atom is 0.232 e. The van der Waals surface area contributed by atoms with E-state index in [9.17, 15) is 0 Å². The van der Waals surface area contributed by atoms with Crippen LogP contribution in [-0.2, 0) is 10.2 Å². The van der Waals surface area contributed by atoms with E-state index in [0.29, 0.717) is 23.5 Å². The molecule has 7 nitrogen and oxygen atoms in total. The van der Waals surface area contributed by atoms with Gasteiger partial charge >= 0.3 is 0 Å². The molecule has 0 unspecified atom stereocenters. The van der Waals surface area contributed by atoms with Gasteiger partial charge in [0, 0.05) is 62.4 Å². The van der Waals surface area contributed by atoms with Crippen molar-refractivity contribution in [2.45, 2.75) is 57.3 Å². The molecule has 0 radical (unpaired) electrons. The number of halogens is 1. The van der Waals surface area contributed by atoms with E-state index in [-0.39, 0.29) is 5.41 Å². The average molecular weight is 543 g/mol. The highest BCUT2D eigenvalue weighted by atomic mass is 35.5. The minimum absolute atomic E-state index is 0.0828. The molecule has 1 aromatic heterocycles. The summed E-state index contributed by atoms with van der Waals surface area (Å²) < 4.78 is 5.69. The maximum atomic E-state index is 6.35. The van der Waals surface area contributed by atoms with Crippen molar-refractivity contribution in [1.29, 1.82) is 0 Å². The molecule has 1 aromatic carbocycles. The van der Waals surface area contributed by atoms with Crippen molar-refractivity contribution in [2.24, 2.45) is 5.92 Å². The molecule has 0 spiro atoms. The van der Waals surface area contributed by atoms with E-state index in [2.05, 4.69) is 45.6 Å². The Morgan fingerprint density at radius 2 is 1.78 bits per heavy atom. The molecule has 1 atom stereocenters. The molecule has 0 aliphatic carbocycles. The molecule has 3 saturated heterocycles. The van der Waals surface area contributed by atoms with E-state index in [1.54, 1.807) is 0 Å². The SMILES string of the molecule is C[C@H]1CCCN(c2cc(N3CCCCC3)nc(NC(=S)NCC3(c4cccc(Cl)c4)CCOCC3)n2)C1. The quantitative estimate of drug-likeness (QED) is 0.471. The van der Waals surface area contributed by atoms with Gasteiger partial charge in [-0.1, -0.05) is 30.7 Å². The van der Waals surface area contributed by atoms with Gasteiger partial charge in [-0.05, 0) is 80.8 Å². The Hall–Kier alpha value is -2.16. The van der Waals surface area contributed by atoms with Crippen LogP contribution in [0.1, 0.15) is 57.4 Å². The second kappa shape index (κ2) is 12.1. The monoisotopic (exact) mass is 542 g/mol. The highest BCUT2D eigenvalue weighted by molar-refractivity contribution is 7.80. The molecule has 0 bridgehead atoms. The fourth-order valence-electron chi connectivity index (χ4n) is 5.87. The molecule has 2 aromatic rings. The minimum Gasteiger partial charge on any atom is -0.381 e. The molecule has 3 aliphatic rings. The molecule has 3 aliphatic heterocycles. The standard InChI is InChI=1S/C28H39ClN6OS/c1-21-7-6-14-35(19-21)25-18-24(34-12-3-2-4-13-34)31-26(32-25)33-27(37)30-20-28(10-15-36-16-11-28)22-8-5-9-23(29)17-22/h5,8-9,17-18,21H,2-4,6-7,10-16,19-20H2,1H3,(H2,30,31,32,33,37)/t21-/m0/s1. The van der Waals surface area contributed by atoms with Gasteiger partial charge in [0.1, 0.15) is 11.6 Å². The van der Waals surface area contributed by atoms with Crippen LogP contribution in [0.3, 0.4) is 0 Å². The van der Waals surface area contributed by atoms with Crippen LogP contribution in [0.25, 0.3) is 0 Å². The first-order valence-corrected chi connectivity index (χ1v) is 14.6. The summed E-state index contributed by atoms with van der Waals surface area (Å²) in [6.45, 7) is 8.63. The molecule has 0 amide bonds. The van der Waals surface area contributed by atoms with E-state index in [1.165, 1.54) is 37.7 Å². The number of benzene rings is 1. The lowest BCUT2D eigenvalue weighted by Crippen LogP contribution is -2.45. The Morgan fingerprint density at radius 3 is 2.51 bits per heavy atom. The third-order valence-electron chi connectivity index (χ3n) is 8.06. The van der Waals surface area contributed by atoms with Gasteiger partial charge < -0.3 is 25.2 Å². The van der Waals surface area contributed by atoms with Crippen LogP contribution in [0.15, 0.2) is 30.3 Å². The summed E-state index contributed by atoms with van der Waals surface area (Å²) in [7, 11) is 0. The second-order valence-electron chi connectivity index (χ2n) is 10.9. The van der Waals surface area contributed by atoms with Crippen LogP contribution >= 0.6 is 23.8 Å². The van der Waals surface area contributed by atoms with E-state index in [1.807, 2.05) is 12.1 Å². The third kappa shape index (κ3) is 6.65. The number of nitrogens with zero attached hydrogens (tertiary/aromatic N) is 4. The van der Waals surface area contributed by atoms with Gasteiger partial charge in [0.05, 0.1) is 0 Å². The molecule has 37 heavy (non-hydrogen) atoms. The van der Waals surface area contributed by atoms with Crippen molar-refractivity contribution in [3.8, 4) is 0 Å². The number of anilines is 3. The van der Waals surface area contributed by atoms with Crippen LogP contribution in [0.5, 0.6) is 0 Å². The van der Waals surface area contributed by atoms with Gasteiger partial charge in [-0.25, -0.2) is 0 Å². The number of rotatable bonds is 6. The zero-order chi connectivity index (χ0) is 25.7. The molecule has 9 heteroatoms. The van der Waals surface area contributed by atoms with Gasteiger partial charge in [0.15, 0.2) is 5.11 Å². The van der Waals surface area contributed by atoms with Crippen molar-refractivity contribution in [2.75, 3.05) is 61.1 Å². The van der Waals surface area contributed by atoms with Crippen LogP contribution in [0.4, 0.5) is 17.6 Å². The molecule has 2 N–H and O–H groups in total. The smallest absolute Gasteiger partial charge is 0.232 e. The number of hydrogen-bond acceptors (Lipinski definition) is 6. The molecule has 200 valence electrons. The summed E-state index contributed by atoms with van der Waals surface area (Å²) >= 11 is 12.1. The lowest BCUT2D eigenvalue weighted by molar-refractivity contribution is 0.0515. The molecule has 4 heterocycles. The Kier molecular flexibility index (Phi) is 8.67. The normalized spacial score (nSPS) is 21.9. The summed E-state index contributed by atoms with van der Waals surface area (Å²) in [4.78, 5) is 14.6. The van der Waals surface area contributed by atoms with Crippen LogP contribution in [-0.4, -0.2) is 61.0 Å². The van der Waals surface area contributed by atoms with E-state index >= 15 is 0 Å². The zero-order valence-corrected chi connectivity index (χ0v) is 23.4. The van der Waals surface area contributed by atoms with Crippen LogP contribution in [0.2, 0.25) is 5.02 Å². The first-order valence-electron chi connectivity index (χ1n) is 13.8. The summed E-state index contributed by atoms with van der Waals surface area (Å²) in [5.74, 6) is 3.22. The highest BCUT2D eigenvalue weighted by Crippen LogP contribution is 2.35. The van der Waals surface area contributed by atoms with Crippen molar-refractivity contribution >= 4 is 46.5 Å². The fourth-order valence-corrected chi connectivity index (χ4v) is 6.22. The Bertz CT molecular complexity index is 1070. The van der Waals surface area contributed by atoms with E-state index in [4.69, 9.17) is 38.5 Å². The fraction of sp³-hybridized carbons (Fsp3) is 0.607. The Balaban J connectivity index is 1.32. The van der Waals surface area contributed by atoms with E-state index in [0.717, 1.165) is 68.9 Å². The Labute approximate surface area is 231 Å². The number of piperidine rings is 2. The van der Waals surface area contributed by atoms with Crippen molar-refractivity contribution in [3.63, 3.8) is 0 Å². The zero-order valence-electron chi connectivity index (χ0n) is 21.8. The summed E-state index contributed by atoms with van der Waals surface area (Å²) in [5.41, 5.74) is 1.14. The lowest BCUT2D eigenvalue weighted by Gasteiger charge is -2.38. The third-order valence-corrected chi connectivity index (χ3v) is 8.54. The van der Waals surface area contributed by atoms with Crippen molar-refractivity contribution in [1.82, 2.24) is 15.3 Å². The van der Waals surface area contributed by atoms with Crippen molar-refractivity contribution in [3.05, 3.63) is 40.9 Å². The topological polar surface area (TPSA) is 65.5 Å². The van der Waals surface area contributed by atoms with Gasteiger partial charge in [-0.15, -0.1) is 0 Å². The van der Waals surface area contributed by atoms with Crippen LogP contribution < -0.4 is 20.4 Å². The predicted octanol–water partition coefficient (Wildman–Crippen LogP) is 5.39. The molecule has 3 fully saturated rings. The number of ether oxygens (including phenoxy) is 1. The maximum absolute atomic E-state index is 6.35. The largest absolute Gasteiger partial charge is 0.381 e. The summed E-state index contributed by atoms with van der Waals surface area (Å²) in [6, 6.07) is 10.3. The second-order valence-corrected chi connectivity index (χ2v) is 11.7. The average Bonchev–Trinajstić information content (AvgIpc) is 2.93. The minimum atomic E-state index is -0.0828. The Morgan fingerprint density at radius 1 is 1.05 bits per heavy atom. The number of thiocarbonyl (C=S) groups is 1. The highest BCUT2D eigenvalue weighted by Gasteiger charge is 2.35. The summed E-state index contributed by atoms with van der Waals surface area (Å²) in [5, 5.41) is 8.10. The lowest BCUT2D eigenvalue weighted by atomic mass is 9.74.